The molecule has 0 saturated carbocycles. The standard InChI is InChI=1S/C17H18FN7OS/c1-9-23-24-16(27-9)14-4-10-5-15(21-7-11(10)6-20-14)22-17(26)25-3-2-13(19)12(18)8-25/h4-7,12-13H,2-3,8,19H2,1H3,(H,21,22,26)/t12-,13-/m1/s1. The van der Waals surface area contributed by atoms with Gasteiger partial charge >= 0.3 is 6.03 Å². The molecule has 10 heteroatoms. The van der Waals surface area contributed by atoms with Crippen LogP contribution in [0.1, 0.15) is 11.4 Å². The number of urea groups is 1. The summed E-state index contributed by atoms with van der Waals surface area (Å²) in [5, 5.41) is 14.1. The highest BCUT2D eigenvalue weighted by molar-refractivity contribution is 7.14. The minimum absolute atomic E-state index is 0.00888. The van der Waals surface area contributed by atoms with Crippen LogP contribution in [0.2, 0.25) is 0 Å². The molecule has 2 amide bonds. The van der Waals surface area contributed by atoms with Gasteiger partial charge in [-0.15, -0.1) is 10.2 Å². The number of nitrogens with two attached hydrogens (primary N) is 1. The fraction of sp³-hybridized carbons (Fsp3) is 0.353. The number of amides is 2. The van der Waals surface area contributed by atoms with Crippen LogP contribution in [0.5, 0.6) is 0 Å². The molecule has 0 bridgehead atoms. The molecule has 0 aromatic carbocycles. The van der Waals surface area contributed by atoms with Crippen LogP contribution in [0.4, 0.5) is 15.0 Å². The van der Waals surface area contributed by atoms with Gasteiger partial charge in [0.25, 0.3) is 0 Å². The van der Waals surface area contributed by atoms with E-state index in [4.69, 9.17) is 5.73 Å². The van der Waals surface area contributed by atoms with Gasteiger partial charge in [0, 0.05) is 30.4 Å². The topological polar surface area (TPSA) is 110 Å². The van der Waals surface area contributed by atoms with Crippen LogP contribution < -0.4 is 11.1 Å². The molecule has 1 saturated heterocycles. The number of nitrogens with zero attached hydrogens (tertiary/aromatic N) is 5. The summed E-state index contributed by atoms with van der Waals surface area (Å²) in [6.45, 7) is 2.30. The molecule has 4 rings (SSSR count). The summed E-state index contributed by atoms with van der Waals surface area (Å²) in [6.07, 6.45) is 2.57. The maximum absolute atomic E-state index is 13.8. The Bertz CT molecular complexity index is 994. The van der Waals surface area contributed by atoms with Gasteiger partial charge in [-0.25, -0.2) is 14.2 Å². The van der Waals surface area contributed by atoms with Crippen LogP contribution in [0, 0.1) is 6.92 Å². The number of aryl methyl sites for hydroxylation is 1. The van der Waals surface area contributed by atoms with Crippen LogP contribution >= 0.6 is 11.3 Å². The molecule has 2 atom stereocenters. The molecule has 8 nitrogen and oxygen atoms in total. The molecule has 1 aliphatic rings. The lowest BCUT2D eigenvalue weighted by molar-refractivity contribution is 0.137. The molecule has 1 aliphatic heterocycles. The number of anilines is 1. The normalized spacial score (nSPS) is 20.0. The number of rotatable bonds is 2. The second-order valence-corrected chi connectivity index (χ2v) is 7.64. The zero-order valence-corrected chi connectivity index (χ0v) is 15.4. The molecular formula is C17H18FN7OS. The van der Waals surface area contributed by atoms with Crippen molar-refractivity contribution in [2.75, 3.05) is 18.4 Å². The minimum Gasteiger partial charge on any atom is -0.325 e. The number of hydrogen-bond acceptors (Lipinski definition) is 7. The Balaban J connectivity index is 1.54. The fourth-order valence-corrected chi connectivity index (χ4v) is 3.58. The number of fused-ring (bicyclic) bond motifs is 1. The third-order valence-corrected chi connectivity index (χ3v) is 5.32. The highest BCUT2D eigenvalue weighted by Crippen LogP contribution is 2.25. The van der Waals surface area contributed by atoms with Crippen molar-refractivity contribution in [3.8, 4) is 10.7 Å². The van der Waals surface area contributed by atoms with Gasteiger partial charge in [0.2, 0.25) is 0 Å². The summed E-state index contributed by atoms with van der Waals surface area (Å²) in [5.41, 5.74) is 6.37. The number of hydrogen-bond donors (Lipinski definition) is 2. The van der Waals surface area contributed by atoms with Gasteiger partial charge < -0.3 is 10.6 Å². The number of carbonyl (C=O) groups excluding carboxylic acids is 1. The number of nitrogens with one attached hydrogen (secondary N) is 1. The van der Waals surface area contributed by atoms with Gasteiger partial charge in [-0.2, -0.15) is 0 Å². The molecule has 3 N–H and O–H groups in total. The number of likely N-dealkylation sites (tertiary alicyclic amines) is 1. The Morgan fingerprint density at radius 1 is 1.30 bits per heavy atom. The van der Waals surface area contributed by atoms with Gasteiger partial charge in [0.15, 0.2) is 5.01 Å². The molecule has 0 spiro atoms. The number of alkyl halides is 1. The average Bonchev–Trinajstić information content (AvgIpc) is 3.09. The first kappa shape index (κ1) is 17.7. The summed E-state index contributed by atoms with van der Waals surface area (Å²) in [7, 11) is 0. The first-order chi connectivity index (χ1) is 13.0. The van der Waals surface area contributed by atoms with Crippen LogP contribution in [0.15, 0.2) is 24.5 Å². The van der Waals surface area contributed by atoms with Crippen molar-refractivity contribution in [3.63, 3.8) is 0 Å². The van der Waals surface area contributed by atoms with Crippen LogP contribution in [-0.4, -0.2) is 56.4 Å². The second-order valence-electron chi connectivity index (χ2n) is 6.46. The van der Waals surface area contributed by atoms with Crippen molar-refractivity contribution in [2.24, 2.45) is 5.73 Å². The first-order valence-electron chi connectivity index (χ1n) is 8.51. The zero-order chi connectivity index (χ0) is 19.0. The van der Waals surface area contributed by atoms with Crippen molar-refractivity contribution < 1.29 is 9.18 Å². The lowest BCUT2D eigenvalue weighted by Crippen LogP contribution is -2.51. The highest BCUT2D eigenvalue weighted by Gasteiger charge is 2.29. The van der Waals surface area contributed by atoms with Gasteiger partial charge in [-0.3, -0.25) is 10.3 Å². The zero-order valence-electron chi connectivity index (χ0n) is 14.6. The van der Waals surface area contributed by atoms with E-state index in [-0.39, 0.29) is 12.6 Å². The summed E-state index contributed by atoms with van der Waals surface area (Å²) in [4.78, 5) is 22.4. The Labute approximate surface area is 158 Å². The molecule has 1 fully saturated rings. The third-order valence-electron chi connectivity index (χ3n) is 4.46. The van der Waals surface area contributed by atoms with Crippen LogP contribution in [0.25, 0.3) is 21.5 Å². The van der Waals surface area contributed by atoms with E-state index in [0.29, 0.717) is 24.5 Å². The Morgan fingerprint density at radius 3 is 2.85 bits per heavy atom. The van der Waals surface area contributed by atoms with E-state index in [0.717, 1.165) is 20.8 Å². The van der Waals surface area contributed by atoms with E-state index in [1.165, 1.54) is 16.2 Å². The molecule has 0 unspecified atom stereocenters. The lowest BCUT2D eigenvalue weighted by Gasteiger charge is -2.32. The maximum Gasteiger partial charge on any atom is 0.323 e. The monoisotopic (exact) mass is 387 g/mol. The van der Waals surface area contributed by atoms with E-state index < -0.39 is 12.2 Å². The molecule has 3 aromatic rings. The quantitative estimate of drug-likeness (QED) is 0.698. The molecule has 27 heavy (non-hydrogen) atoms. The van der Waals surface area contributed by atoms with Gasteiger partial charge in [0.1, 0.15) is 22.7 Å². The van der Waals surface area contributed by atoms with Crippen molar-refractivity contribution >= 4 is 34.0 Å². The maximum atomic E-state index is 13.8. The predicted molar refractivity (Wildman–Crippen MR) is 101 cm³/mol. The van der Waals surface area contributed by atoms with Crippen LogP contribution in [-0.2, 0) is 0 Å². The van der Waals surface area contributed by atoms with E-state index in [1.54, 1.807) is 18.5 Å². The van der Waals surface area contributed by atoms with Crippen molar-refractivity contribution in [1.82, 2.24) is 25.1 Å². The number of pyridine rings is 2. The second kappa shape index (κ2) is 7.12. The summed E-state index contributed by atoms with van der Waals surface area (Å²) in [5.74, 6) is 0.392. The van der Waals surface area contributed by atoms with Crippen LogP contribution in [0.3, 0.4) is 0 Å². The Kier molecular flexibility index (Phi) is 4.66. The van der Waals surface area contributed by atoms with E-state index in [2.05, 4.69) is 25.5 Å². The third kappa shape index (κ3) is 3.71. The van der Waals surface area contributed by atoms with Crippen molar-refractivity contribution in [2.45, 2.75) is 25.6 Å². The number of aromatic nitrogens is 4. The number of halogens is 1. The predicted octanol–water partition coefficient (Wildman–Crippen LogP) is 2.36. The molecule has 0 radical (unpaired) electrons. The molecule has 0 aliphatic carbocycles. The molecular weight excluding hydrogens is 369 g/mol. The van der Waals surface area contributed by atoms with E-state index >= 15 is 0 Å². The minimum atomic E-state index is -1.21. The molecule has 4 heterocycles. The van der Waals surface area contributed by atoms with Crippen molar-refractivity contribution in [1.29, 1.82) is 0 Å². The summed E-state index contributed by atoms with van der Waals surface area (Å²) in [6, 6.07) is 2.74. The molecule has 3 aromatic heterocycles. The highest BCUT2D eigenvalue weighted by atomic mass is 32.1. The van der Waals surface area contributed by atoms with Gasteiger partial charge in [-0.05, 0) is 30.9 Å². The fourth-order valence-electron chi connectivity index (χ4n) is 2.92. The van der Waals surface area contributed by atoms with Gasteiger partial charge in [0.05, 0.1) is 6.54 Å². The summed E-state index contributed by atoms with van der Waals surface area (Å²) >= 11 is 1.46. The average molecular weight is 387 g/mol. The van der Waals surface area contributed by atoms with Gasteiger partial charge in [-0.1, -0.05) is 11.3 Å². The Morgan fingerprint density at radius 2 is 2.11 bits per heavy atom. The number of piperidine rings is 1. The van der Waals surface area contributed by atoms with E-state index in [1.807, 2.05) is 13.0 Å². The largest absolute Gasteiger partial charge is 0.325 e. The Hall–Kier alpha value is -2.72. The number of carbonyl (C=O) groups is 1. The smallest absolute Gasteiger partial charge is 0.323 e. The first-order valence-corrected chi connectivity index (χ1v) is 9.33. The lowest BCUT2D eigenvalue weighted by atomic mass is 10.0. The summed E-state index contributed by atoms with van der Waals surface area (Å²) < 4.78 is 13.8. The van der Waals surface area contributed by atoms with E-state index in [9.17, 15) is 9.18 Å². The SMILES string of the molecule is Cc1nnc(-c2cc3cc(NC(=O)N4CC[C@@H](N)[C@H](F)C4)ncc3cn2)s1. The molecule has 140 valence electrons. The van der Waals surface area contributed by atoms with Crippen molar-refractivity contribution in [3.05, 3.63) is 29.5 Å².